The van der Waals surface area contributed by atoms with Crippen LogP contribution >= 0.6 is 11.6 Å². The third-order valence-corrected chi connectivity index (χ3v) is 8.54. The summed E-state index contributed by atoms with van der Waals surface area (Å²) in [7, 11) is 0. The molecule has 8 nitrogen and oxygen atoms in total. The summed E-state index contributed by atoms with van der Waals surface area (Å²) in [5, 5.41) is 10.9. The van der Waals surface area contributed by atoms with Crippen LogP contribution in [0.5, 0.6) is 0 Å². The van der Waals surface area contributed by atoms with Crippen molar-refractivity contribution in [2.45, 2.75) is 56.9 Å². The highest BCUT2D eigenvalue weighted by atomic mass is 35.5. The van der Waals surface area contributed by atoms with Crippen LogP contribution in [0, 0.1) is 17.8 Å². The van der Waals surface area contributed by atoms with Gasteiger partial charge in [0.1, 0.15) is 23.2 Å². The zero-order valence-electron chi connectivity index (χ0n) is 21.3. The summed E-state index contributed by atoms with van der Waals surface area (Å²) in [5.41, 5.74) is -1.86. The first-order chi connectivity index (χ1) is 17.7. The van der Waals surface area contributed by atoms with Gasteiger partial charge in [-0.2, -0.15) is 0 Å². The number of benzene rings is 1. The van der Waals surface area contributed by atoms with Crippen LogP contribution in [-0.2, 0) is 23.9 Å². The lowest BCUT2D eigenvalue weighted by Crippen LogP contribution is -2.60. The summed E-state index contributed by atoms with van der Waals surface area (Å²) < 4.78 is 12.4. The Morgan fingerprint density at radius 1 is 1.08 bits per heavy atom. The van der Waals surface area contributed by atoms with Gasteiger partial charge in [0.25, 0.3) is 5.91 Å². The van der Waals surface area contributed by atoms with Crippen molar-refractivity contribution >= 4 is 35.1 Å². The number of rotatable bonds is 5. The number of amides is 2. The van der Waals surface area contributed by atoms with Gasteiger partial charge in [0.15, 0.2) is 0 Å². The topological polar surface area (TPSA) is 96.4 Å². The Kier molecular flexibility index (Phi) is 6.71. The maximum Gasteiger partial charge on any atom is 0.313 e. The molecule has 1 aromatic carbocycles. The molecule has 1 N–H and O–H groups in total. The monoisotopic (exact) mass is 528 g/mol. The molecular weight excluding hydrogens is 496 g/mol. The number of halogens is 1. The van der Waals surface area contributed by atoms with Crippen molar-refractivity contribution in [3.05, 3.63) is 53.6 Å². The molecule has 2 saturated heterocycles. The quantitative estimate of drug-likeness (QED) is 0.466. The molecule has 0 radical (unpaired) electrons. The molecule has 1 unspecified atom stereocenters. The van der Waals surface area contributed by atoms with Gasteiger partial charge in [-0.25, -0.2) is 0 Å². The molecule has 4 aliphatic rings. The average molecular weight is 529 g/mol. The Bertz CT molecular complexity index is 1150. The van der Waals surface area contributed by atoms with E-state index in [0.29, 0.717) is 23.6 Å². The first-order valence-corrected chi connectivity index (χ1v) is 13.3. The number of aliphatic hydroxyl groups excluding tert-OH is 1. The number of fused-ring (bicyclic) bond motifs is 2. The third kappa shape index (κ3) is 3.83. The molecule has 1 aromatic rings. The summed E-state index contributed by atoms with van der Waals surface area (Å²) >= 11 is 6.09. The molecule has 0 aliphatic carbocycles. The predicted octanol–water partition coefficient (Wildman–Crippen LogP) is 3.12. The SMILES string of the molecule is CC[C@]12C=CCCOC(=O)[C@H]1[C@H]1C(=O)N([C@@H](CO)C(C)C)C3C(=O)N(c4ccc(Cl)cc4)CC=C[C@@]31O2. The predicted molar refractivity (Wildman–Crippen MR) is 138 cm³/mol. The Morgan fingerprint density at radius 2 is 1.81 bits per heavy atom. The van der Waals surface area contributed by atoms with E-state index in [1.807, 2.05) is 39.0 Å². The van der Waals surface area contributed by atoms with Gasteiger partial charge in [-0.15, -0.1) is 0 Å². The van der Waals surface area contributed by atoms with E-state index in [4.69, 9.17) is 21.1 Å². The summed E-state index contributed by atoms with van der Waals surface area (Å²) in [6.07, 6.45) is 8.40. The third-order valence-electron chi connectivity index (χ3n) is 8.29. The number of carbonyl (C=O) groups is 3. The number of hydrogen-bond acceptors (Lipinski definition) is 6. The van der Waals surface area contributed by atoms with Crippen LogP contribution in [-0.4, -0.2) is 70.8 Å². The molecule has 4 aliphatic heterocycles. The number of anilines is 1. The first-order valence-electron chi connectivity index (χ1n) is 12.9. The van der Waals surface area contributed by atoms with Crippen LogP contribution in [0.2, 0.25) is 5.02 Å². The molecule has 2 fully saturated rings. The van der Waals surface area contributed by atoms with Gasteiger partial charge in [-0.05, 0) is 43.0 Å². The number of nitrogens with zero attached hydrogens (tertiary/aromatic N) is 2. The van der Waals surface area contributed by atoms with E-state index >= 15 is 0 Å². The van der Waals surface area contributed by atoms with Crippen LogP contribution in [0.25, 0.3) is 0 Å². The average Bonchev–Trinajstić information content (AvgIpc) is 3.21. The Morgan fingerprint density at radius 3 is 2.46 bits per heavy atom. The van der Waals surface area contributed by atoms with E-state index in [1.54, 1.807) is 35.2 Å². The molecule has 0 saturated carbocycles. The van der Waals surface area contributed by atoms with E-state index in [-0.39, 0.29) is 37.5 Å². The van der Waals surface area contributed by atoms with Crippen LogP contribution in [0.15, 0.2) is 48.6 Å². The minimum atomic E-state index is -1.40. The van der Waals surface area contributed by atoms with E-state index < -0.39 is 41.1 Å². The minimum Gasteiger partial charge on any atom is -0.465 e. The molecule has 4 heterocycles. The molecular formula is C28H33ClN2O6. The highest BCUT2D eigenvalue weighted by Crippen LogP contribution is 2.59. The molecule has 9 heteroatoms. The highest BCUT2D eigenvalue weighted by Gasteiger charge is 2.76. The number of aliphatic hydroxyl groups is 1. The highest BCUT2D eigenvalue weighted by molar-refractivity contribution is 6.30. The van der Waals surface area contributed by atoms with Crippen LogP contribution in [0.3, 0.4) is 0 Å². The van der Waals surface area contributed by atoms with Crippen molar-refractivity contribution in [2.24, 2.45) is 17.8 Å². The van der Waals surface area contributed by atoms with Crippen molar-refractivity contribution in [3.63, 3.8) is 0 Å². The number of carbonyl (C=O) groups excluding carboxylic acids is 3. The Labute approximate surface area is 221 Å². The van der Waals surface area contributed by atoms with E-state index in [9.17, 15) is 19.5 Å². The molecule has 0 bridgehead atoms. The largest absolute Gasteiger partial charge is 0.465 e. The van der Waals surface area contributed by atoms with Crippen molar-refractivity contribution in [1.29, 1.82) is 0 Å². The van der Waals surface area contributed by atoms with Gasteiger partial charge in [0.2, 0.25) is 5.91 Å². The maximum atomic E-state index is 14.4. The number of ether oxygens (including phenoxy) is 2. The lowest BCUT2D eigenvalue weighted by Gasteiger charge is -2.42. The van der Waals surface area contributed by atoms with E-state index in [1.165, 1.54) is 4.90 Å². The van der Waals surface area contributed by atoms with Crippen molar-refractivity contribution in [3.8, 4) is 0 Å². The van der Waals surface area contributed by atoms with Crippen LogP contribution in [0.1, 0.15) is 33.6 Å². The molecule has 198 valence electrons. The standard InChI is InChI=1S/C28H33ClN2O6/c1-4-27-12-5-6-15-36-26(35)22(27)21-24(33)31(20(16-32)17(2)3)23-25(34)30(14-7-13-28(21,23)37-27)19-10-8-18(29)9-11-19/h5,7-13,17,20-23,32H,4,6,14-16H2,1-3H3/t20-,21-,22+,23?,27-,28-/m0/s1. The van der Waals surface area contributed by atoms with E-state index in [0.717, 1.165) is 0 Å². The van der Waals surface area contributed by atoms with Crippen molar-refractivity contribution < 1.29 is 29.0 Å². The second kappa shape index (κ2) is 9.57. The first kappa shape index (κ1) is 25.9. The van der Waals surface area contributed by atoms with Gasteiger partial charge in [0, 0.05) is 17.3 Å². The molecule has 5 rings (SSSR count). The summed E-state index contributed by atoms with van der Waals surface area (Å²) in [6.45, 7) is 5.85. The number of cyclic esters (lactones) is 1. The zero-order valence-corrected chi connectivity index (χ0v) is 22.1. The van der Waals surface area contributed by atoms with Gasteiger partial charge in [0.05, 0.1) is 25.2 Å². The van der Waals surface area contributed by atoms with Crippen molar-refractivity contribution in [1.82, 2.24) is 4.90 Å². The lowest BCUT2D eigenvalue weighted by molar-refractivity contribution is -0.162. The van der Waals surface area contributed by atoms with E-state index in [2.05, 4.69) is 0 Å². The van der Waals surface area contributed by atoms with Gasteiger partial charge < -0.3 is 24.4 Å². The zero-order chi connectivity index (χ0) is 26.5. The second-order valence-electron chi connectivity index (χ2n) is 10.5. The fourth-order valence-corrected chi connectivity index (χ4v) is 6.62. The molecule has 37 heavy (non-hydrogen) atoms. The van der Waals surface area contributed by atoms with Crippen molar-refractivity contribution in [2.75, 3.05) is 24.7 Å². The summed E-state index contributed by atoms with van der Waals surface area (Å²) in [5.74, 6) is -3.23. The normalized spacial score (nSPS) is 34.0. The molecule has 0 aromatic heterocycles. The number of hydrogen-bond donors (Lipinski definition) is 1. The fourth-order valence-electron chi connectivity index (χ4n) is 6.50. The minimum absolute atomic E-state index is 0.144. The fraction of sp³-hybridized carbons (Fsp3) is 0.536. The van der Waals surface area contributed by atoms with Gasteiger partial charge in [-0.3, -0.25) is 14.4 Å². The molecule has 6 atom stereocenters. The Hall–Kier alpha value is -2.68. The molecule has 1 spiro atoms. The van der Waals surface area contributed by atoms with Gasteiger partial charge in [-0.1, -0.05) is 56.7 Å². The number of likely N-dealkylation sites (tertiary alicyclic amines) is 1. The summed E-state index contributed by atoms with van der Waals surface area (Å²) in [6, 6.07) is 5.22. The maximum absolute atomic E-state index is 14.4. The molecule has 2 amide bonds. The van der Waals surface area contributed by atoms with Crippen LogP contribution in [0.4, 0.5) is 5.69 Å². The number of esters is 1. The Balaban J connectivity index is 1.70. The summed E-state index contributed by atoms with van der Waals surface area (Å²) in [4.78, 5) is 45.3. The van der Waals surface area contributed by atoms with Gasteiger partial charge >= 0.3 is 5.97 Å². The smallest absolute Gasteiger partial charge is 0.313 e. The second-order valence-corrected chi connectivity index (χ2v) is 11.0. The van der Waals surface area contributed by atoms with Crippen LogP contribution < -0.4 is 4.90 Å². The lowest BCUT2D eigenvalue weighted by atomic mass is 9.73.